The molecule has 1 aliphatic rings. The van der Waals surface area contributed by atoms with E-state index in [1.807, 2.05) is 0 Å². The standard InChI is InChI=1S/C20H32FNO3/c1-19(2)10-5-11-20(3,4)22(19)14-17(23)15-24-12-13-25-18-8-6-16(21)7-9-18/h6-9,17,23H,5,10-15H2,1-4H3/t17-/m0/s1. The summed E-state index contributed by atoms with van der Waals surface area (Å²) in [4.78, 5) is 2.41. The molecule has 1 N–H and O–H groups in total. The largest absolute Gasteiger partial charge is 0.491 e. The van der Waals surface area contributed by atoms with Crippen molar-refractivity contribution < 1.29 is 19.0 Å². The molecule has 0 radical (unpaired) electrons. The fraction of sp³-hybridized carbons (Fsp3) is 0.700. The topological polar surface area (TPSA) is 41.9 Å². The fourth-order valence-electron chi connectivity index (χ4n) is 3.77. The van der Waals surface area contributed by atoms with Gasteiger partial charge in [0.05, 0.1) is 19.3 Å². The van der Waals surface area contributed by atoms with Gasteiger partial charge in [-0.2, -0.15) is 0 Å². The maximum atomic E-state index is 12.8. The van der Waals surface area contributed by atoms with E-state index in [9.17, 15) is 9.50 Å². The highest BCUT2D eigenvalue weighted by atomic mass is 19.1. The molecule has 142 valence electrons. The lowest BCUT2D eigenvalue weighted by atomic mass is 9.79. The van der Waals surface area contributed by atoms with E-state index in [0.717, 1.165) is 12.8 Å². The Hall–Kier alpha value is -1.17. The number of aliphatic hydroxyl groups is 1. The van der Waals surface area contributed by atoms with Crippen molar-refractivity contribution in [2.45, 2.75) is 64.1 Å². The Morgan fingerprint density at radius 2 is 1.68 bits per heavy atom. The van der Waals surface area contributed by atoms with Gasteiger partial charge in [-0.15, -0.1) is 0 Å². The van der Waals surface area contributed by atoms with Crippen LogP contribution in [0.15, 0.2) is 24.3 Å². The second-order valence-corrected chi connectivity index (χ2v) is 8.12. The van der Waals surface area contributed by atoms with Crippen LogP contribution in [0.2, 0.25) is 0 Å². The molecule has 2 rings (SSSR count). The molecule has 1 saturated heterocycles. The van der Waals surface area contributed by atoms with Gasteiger partial charge in [0.25, 0.3) is 0 Å². The van der Waals surface area contributed by atoms with Crippen LogP contribution in [0.1, 0.15) is 47.0 Å². The van der Waals surface area contributed by atoms with Gasteiger partial charge >= 0.3 is 0 Å². The average molecular weight is 353 g/mol. The third kappa shape index (κ3) is 5.94. The van der Waals surface area contributed by atoms with E-state index in [1.165, 1.54) is 18.6 Å². The summed E-state index contributed by atoms with van der Waals surface area (Å²) in [6.07, 6.45) is 3.00. The first-order valence-electron chi connectivity index (χ1n) is 9.13. The molecule has 0 aliphatic carbocycles. The van der Waals surface area contributed by atoms with Crippen LogP contribution in [-0.4, -0.2) is 53.6 Å². The minimum atomic E-state index is -0.525. The van der Waals surface area contributed by atoms with E-state index >= 15 is 0 Å². The first-order valence-corrected chi connectivity index (χ1v) is 9.13. The lowest BCUT2D eigenvalue weighted by molar-refractivity contribution is -0.0710. The normalized spacial score (nSPS) is 21.0. The highest BCUT2D eigenvalue weighted by Gasteiger charge is 2.41. The van der Waals surface area contributed by atoms with Crippen molar-refractivity contribution in [1.82, 2.24) is 4.90 Å². The van der Waals surface area contributed by atoms with Crippen molar-refractivity contribution in [3.8, 4) is 5.75 Å². The van der Waals surface area contributed by atoms with Gasteiger partial charge in [-0.1, -0.05) is 0 Å². The second kappa shape index (κ2) is 8.47. The van der Waals surface area contributed by atoms with Crippen molar-refractivity contribution in [3.05, 3.63) is 30.1 Å². The van der Waals surface area contributed by atoms with Crippen LogP contribution < -0.4 is 4.74 Å². The Bertz CT molecular complexity index is 514. The zero-order valence-corrected chi connectivity index (χ0v) is 15.9. The van der Waals surface area contributed by atoms with Crippen LogP contribution in [0.5, 0.6) is 5.75 Å². The predicted octanol–water partition coefficient (Wildman–Crippen LogP) is 3.63. The molecular weight excluding hydrogens is 321 g/mol. The molecule has 1 aliphatic heterocycles. The van der Waals surface area contributed by atoms with Crippen molar-refractivity contribution >= 4 is 0 Å². The van der Waals surface area contributed by atoms with E-state index < -0.39 is 6.10 Å². The number of ether oxygens (including phenoxy) is 2. The molecule has 1 heterocycles. The summed E-state index contributed by atoms with van der Waals surface area (Å²) in [6.45, 7) is 10.7. The SMILES string of the molecule is CC1(C)CCCC(C)(C)N1C[C@H](O)COCCOc1ccc(F)cc1. The van der Waals surface area contributed by atoms with Gasteiger partial charge in [0.15, 0.2) is 0 Å². The molecule has 0 unspecified atom stereocenters. The molecule has 1 aromatic rings. The number of likely N-dealkylation sites (tertiary alicyclic amines) is 1. The van der Waals surface area contributed by atoms with Gasteiger partial charge in [0, 0.05) is 17.6 Å². The van der Waals surface area contributed by atoms with E-state index in [-0.39, 0.29) is 23.5 Å². The summed E-state index contributed by atoms with van der Waals surface area (Å²) >= 11 is 0. The molecule has 4 nitrogen and oxygen atoms in total. The van der Waals surface area contributed by atoms with Crippen LogP contribution in [0, 0.1) is 5.82 Å². The van der Waals surface area contributed by atoms with Crippen molar-refractivity contribution in [2.75, 3.05) is 26.4 Å². The van der Waals surface area contributed by atoms with E-state index in [4.69, 9.17) is 9.47 Å². The smallest absolute Gasteiger partial charge is 0.123 e. The third-order valence-corrected chi connectivity index (χ3v) is 5.05. The molecule has 1 fully saturated rings. The lowest BCUT2D eigenvalue weighted by Crippen LogP contribution is -2.60. The van der Waals surface area contributed by atoms with Crippen LogP contribution >= 0.6 is 0 Å². The minimum absolute atomic E-state index is 0.0917. The number of nitrogens with zero attached hydrogens (tertiary/aromatic N) is 1. The van der Waals surface area contributed by atoms with Crippen LogP contribution in [-0.2, 0) is 4.74 Å². The number of β-amino-alcohol motifs (C(OH)–C–C–N with tert-alkyl or cyclic N) is 1. The lowest BCUT2D eigenvalue weighted by Gasteiger charge is -2.53. The molecule has 0 spiro atoms. The van der Waals surface area contributed by atoms with Gasteiger partial charge in [-0.3, -0.25) is 4.90 Å². The van der Waals surface area contributed by atoms with Crippen molar-refractivity contribution in [2.24, 2.45) is 0 Å². The van der Waals surface area contributed by atoms with E-state index in [2.05, 4.69) is 32.6 Å². The molecule has 5 heteroatoms. The number of piperidine rings is 1. The quantitative estimate of drug-likeness (QED) is 0.725. The number of halogens is 1. The molecule has 0 bridgehead atoms. The summed E-state index contributed by atoms with van der Waals surface area (Å²) in [5.74, 6) is 0.331. The molecule has 0 aromatic heterocycles. The van der Waals surface area contributed by atoms with E-state index in [0.29, 0.717) is 25.5 Å². The summed E-state index contributed by atoms with van der Waals surface area (Å²) < 4.78 is 23.8. The number of rotatable bonds is 8. The Kier molecular flexibility index (Phi) is 6.83. The minimum Gasteiger partial charge on any atom is -0.491 e. The van der Waals surface area contributed by atoms with Crippen LogP contribution in [0.3, 0.4) is 0 Å². The maximum absolute atomic E-state index is 12.8. The monoisotopic (exact) mass is 353 g/mol. The van der Waals surface area contributed by atoms with Gasteiger partial charge in [-0.05, 0) is 71.2 Å². The Morgan fingerprint density at radius 1 is 1.08 bits per heavy atom. The molecule has 0 saturated carbocycles. The van der Waals surface area contributed by atoms with Gasteiger partial charge in [-0.25, -0.2) is 4.39 Å². The number of hydrogen-bond acceptors (Lipinski definition) is 4. The first kappa shape index (κ1) is 20.1. The Labute approximate surface area is 150 Å². The number of hydrogen-bond donors (Lipinski definition) is 1. The average Bonchev–Trinajstić information content (AvgIpc) is 2.52. The predicted molar refractivity (Wildman–Crippen MR) is 97.4 cm³/mol. The summed E-state index contributed by atoms with van der Waals surface area (Å²) in [6, 6.07) is 5.90. The van der Waals surface area contributed by atoms with Gasteiger partial charge in [0.1, 0.15) is 18.2 Å². The molecule has 25 heavy (non-hydrogen) atoms. The second-order valence-electron chi connectivity index (χ2n) is 8.12. The van der Waals surface area contributed by atoms with Gasteiger partial charge < -0.3 is 14.6 Å². The highest BCUT2D eigenvalue weighted by Crippen LogP contribution is 2.38. The van der Waals surface area contributed by atoms with Gasteiger partial charge in [0.2, 0.25) is 0 Å². The summed E-state index contributed by atoms with van der Waals surface area (Å²) in [5, 5.41) is 10.4. The van der Waals surface area contributed by atoms with Crippen LogP contribution in [0.25, 0.3) is 0 Å². The number of benzene rings is 1. The summed E-state index contributed by atoms with van der Waals surface area (Å²) in [5.41, 5.74) is 0.183. The molecule has 1 atom stereocenters. The highest BCUT2D eigenvalue weighted by molar-refractivity contribution is 5.21. The first-order chi connectivity index (χ1) is 11.7. The molecule has 0 amide bonds. The van der Waals surface area contributed by atoms with Crippen molar-refractivity contribution in [3.63, 3.8) is 0 Å². The van der Waals surface area contributed by atoms with Crippen LogP contribution in [0.4, 0.5) is 4.39 Å². The zero-order chi connectivity index (χ0) is 18.5. The maximum Gasteiger partial charge on any atom is 0.123 e. The summed E-state index contributed by atoms with van der Waals surface area (Å²) in [7, 11) is 0. The zero-order valence-electron chi connectivity index (χ0n) is 15.9. The third-order valence-electron chi connectivity index (χ3n) is 5.05. The Balaban J connectivity index is 1.69. The molecule has 1 aromatic carbocycles. The van der Waals surface area contributed by atoms with E-state index in [1.54, 1.807) is 12.1 Å². The Morgan fingerprint density at radius 3 is 2.28 bits per heavy atom. The fourth-order valence-corrected chi connectivity index (χ4v) is 3.77. The molecular formula is C20H32FNO3. The number of aliphatic hydroxyl groups excluding tert-OH is 1. The van der Waals surface area contributed by atoms with Crippen molar-refractivity contribution in [1.29, 1.82) is 0 Å².